The summed E-state index contributed by atoms with van der Waals surface area (Å²) in [5.74, 6) is 0.938. The maximum atomic E-state index is 13.0. The third kappa shape index (κ3) is 2.56. The molecule has 0 radical (unpaired) electrons. The molecule has 0 aliphatic heterocycles. The second kappa shape index (κ2) is 4.79. The van der Waals surface area contributed by atoms with Crippen molar-refractivity contribution in [3.8, 4) is 0 Å². The number of benzene rings is 1. The molecule has 1 fully saturated rings. The van der Waals surface area contributed by atoms with Gasteiger partial charge >= 0.3 is 6.18 Å². The Labute approximate surface area is 122 Å². The Morgan fingerprint density at radius 2 is 1.81 bits per heavy atom. The molecular weight excluding hydrogens is 277 g/mol. The molecule has 1 aliphatic carbocycles. The predicted molar refractivity (Wildman–Crippen MR) is 76.3 cm³/mol. The Balaban J connectivity index is 1.80. The van der Waals surface area contributed by atoms with Crippen molar-refractivity contribution in [2.75, 3.05) is 0 Å². The molecule has 21 heavy (non-hydrogen) atoms. The fourth-order valence-electron chi connectivity index (χ4n) is 3.21. The van der Waals surface area contributed by atoms with Gasteiger partial charge in [0.25, 0.3) is 0 Å². The molecule has 1 aliphatic rings. The average molecular weight is 296 g/mol. The molecule has 1 heterocycles. The molecule has 1 aromatic carbocycles. The lowest BCUT2D eigenvalue weighted by Crippen LogP contribution is -2.38. The Kier molecular flexibility index (Phi) is 3.30. The highest BCUT2D eigenvalue weighted by Crippen LogP contribution is 2.52. The monoisotopic (exact) mass is 296 g/mol. The fraction of sp³-hybridized carbons (Fsp3) is 0.529. The first-order chi connectivity index (χ1) is 9.78. The zero-order valence-corrected chi connectivity index (χ0v) is 12.3. The summed E-state index contributed by atoms with van der Waals surface area (Å²) in [7, 11) is 0. The molecule has 0 bridgehead atoms. The van der Waals surface area contributed by atoms with Crippen molar-refractivity contribution in [2.45, 2.75) is 51.6 Å². The van der Waals surface area contributed by atoms with Crippen molar-refractivity contribution in [1.82, 2.24) is 0 Å². The molecule has 1 saturated carbocycles. The summed E-state index contributed by atoms with van der Waals surface area (Å²) in [5.41, 5.74) is 0.439. The Hall–Kier alpha value is -1.45. The predicted octanol–water partition coefficient (Wildman–Crippen LogP) is 5.97. The van der Waals surface area contributed by atoms with Crippen molar-refractivity contribution < 1.29 is 17.6 Å². The van der Waals surface area contributed by atoms with Crippen LogP contribution in [0.5, 0.6) is 0 Å². The molecule has 2 aromatic rings. The van der Waals surface area contributed by atoms with Crippen LogP contribution in [0.25, 0.3) is 11.0 Å². The van der Waals surface area contributed by atoms with E-state index in [1.807, 2.05) is 31.2 Å². The summed E-state index contributed by atoms with van der Waals surface area (Å²) in [6, 6.07) is 7.95. The van der Waals surface area contributed by atoms with E-state index in [0.717, 1.165) is 22.3 Å². The van der Waals surface area contributed by atoms with Crippen molar-refractivity contribution in [3.05, 3.63) is 35.6 Å². The van der Waals surface area contributed by atoms with Gasteiger partial charge in [-0.15, -0.1) is 0 Å². The van der Waals surface area contributed by atoms with Crippen LogP contribution in [-0.2, 0) is 0 Å². The molecule has 0 unspecified atom stereocenters. The van der Waals surface area contributed by atoms with Crippen molar-refractivity contribution in [1.29, 1.82) is 0 Å². The van der Waals surface area contributed by atoms with Crippen molar-refractivity contribution in [3.63, 3.8) is 0 Å². The summed E-state index contributed by atoms with van der Waals surface area (Å²) in [6.45, 7) is 3.35. The first-order valence-electron chi connectivity index (χ1n) is 7.35. The van der Waals surface area contributed by atoms with Crippen LogP contribution in [-0.4, -0.2) is 6.18 Å². The number of hydrogen-bond acceptors (Lipinski definition) is 1. The van der Waals surface area contributed by atoms with Gasteiger partial charge in [-0.2, -0.15) is 13.2 Å². The number of rotatable bonds is 1. The first kappa shape index (κ1) is 14.5. The topological polar surface area (TPSA) is 13.1 Å². The van der Waals surface area contributed by atoms with Crippen LogP contribution in [0.15, 0.2) is 28.7 Å². The maximum absolute atomic E-state index is 13.0. The van der Waals surface area contributed by atoms with Crippen LogP contribution in [0, 0.1) is 12.3 Å². The van der Waals surface area contributed by atoms with Crippen molar-refractivity contribution in [2.24, 2.45) is 5.41 Å². The smallest absolute Gasteiger partial charge is 0.394 e. The highest BCUT2D eigenvalue weighted by Gasteiger charge is 2.52. The third-order valence-electron chi connectivity index (χ3n) is 4.87. The number of hydrogen-bond donors (Lipinski definition) is 0. The summed E-state index contributed by atoms with van der Waals surface area (Å²) in [5, 5.41) is 1.04. The molecule has 4 heteroatoms. The van der Waals surface area contributed by atoms with Gasteiger partial charge in [-0.25, -0.2) is 0 Å². The minimum atomic E-state index is -4.11. The number of aryl methyl sites for hydroxylation is 1. The van der Waals surface area contributed by atoms with Gasteiger partial charge in [0.1, 0.15) is 11.3 Å². The van der Waals surface area contributed by atoms with Gasteiger partial charge in [0, 0.05) is 11.3 Å². The fourth-order valence-corrected chi connectivity index (χ4v) is 3.21. The van der Waals surface area contributed by atoms with E-state index in [2.05, 4.69) is 0 Å². The highest BCUT2D eigenvalue weighted by molar-refractivity contribution is 5.78. The molecule has 0 N–H and O–H groups in total. The lowest BCUT2D eigenvalue weighted by molar-refractivity contribution is -0.228. The number of halogens is 3. The number of fused-ring (bicyclic) bond motifs is 1. The second-order valence-electron chi connectivity index (χ2n) is 6.52. The average Bonchev–Trinajstić information content (AvgIpc) is 2.81. The molecule has 1 aromatic heterocycles. The van der Waals surface area contributed by atoms with Crippen LogP contribution in [0.4, 0.5) is 13.2 Å². The number of furan rings is 1. The van der Waals surface area contributed by atoms with Gasteiger partial charge in [-0.1, -0.05) is 18.6 Å². The van der Waals surface area contributed by atoms with Crippen LogP contribution in [0.3, 0.4) is 0 Å². The zero-order valence-electron chi connectivity index (χ0n) is 12.3. The maximum Gasteiger partial charge on any atom is 0.394 e. The summed E-state index contributed by atoms with van der Waals surface area (Å²) in [4.78, 5) is 0. The van der Waals surface area contributed by atoms with E-state index < -0.39 is 11.6 Å². The molecule has 3 rings (SSSR count). The molecule has 0 saturated heterocycles. The Bertz CT molecular complexity index is 646. The zero-order chi connectivity index (χ0) is 15.3. The molecule has 1 nitrogen and oxygen atoms in total. The van der Waals surface area contributed by atoms with E-state index in [-0.39, 0.29) is 18.8 Å². The molecule has 0 amide bonds. The van der Waals surface area contributed by atoms with E-state index in [4.69, 9.17) is 4.42 Å². The van der Waals surface area contributed by atoms with E-state index in [9.17, 15) is 13.2 Å². The quantitative estimate of drug-likeness (QED) is 0.632. The minimum absolute atomic E-state index is 0.105. The molecule has 0 atom stereocenters. The lowest BCUT2D eigenvalue weighted by atomic mass is 9.70. The largest absolute Gasteiger partial charge is 0.461 e. The van der Waals surface area contributed by atoms with Crippen LogP contribution in [0.1, 0.15) is 49.8 Å². The van der Waals surface area contributed by atoms with E-state index in [1.54, 1.807) is 0 Å². The number of alkyl halides is 3. The van der Waals surface area contributed by atoms with Crippen LogP contribution < -0.4 is 0 Å². The van der Waals surface area contributed by atoms with E-state index in [0.29, 0.717) is 12.8 Å². The van der Waals surface area contributed by atoms with E-state index >= 15 is 0 Å². The van der Waals surface area contributed by atoms with Gasteiger partial charge < -0.3 is 4.42 Å². The van der Waals surface area contributed by atoms with Gasteiger partial charge in [0.15, 0.2) is 0 Å². The lowest BCUT2D eigenvalue weighted by Gasteiger charge is -2.38. The van der Waals surface area contributed by atoms with Crippen LogP contribution >= 0.6 is 0 Å². The van der Waals surface area contributed by atoms with Gasteiger partial charge in [-0.3, -0.25) is 0 Å². The molecule has 114 valence electrons. The third-order valence-corrected chi connectivity index (χ3v) is 4.87. The summed E-state index contributed by atoms with van der Waals surface area (Å²) in [6.07, 6.45) is -2.68. The Morgan fingerprint density at radius 3 is 2.43 bits per heavy atom. The van der Waals surface area contributed by atoms with E-state index in [1.165, 1.54) is 6.92 Å². The van der Waals surface area contributed by atoms with Gasteiger partial charge in [0.05, 0.1) is 5.41 Å². The SMILES string of the molecule is Cc1ccc2oc(C3CCC(C)(C(F)(F)F)CC3)cc2c1. The summed E-state index contributed by atoms with van der Waals surface area (Å²) < 4.78 is 45.0. The molecular formula is C17H19F3O. The summed E-state index contributed by atoms with van der Waals surface area (Å²) >= 11 is 0. The minimum Gasteiger partial charge on any atom is -0.461 e. The van der Waals surface area contributed by atoms with Crippen LogP contribution in [0.2, 0.25) is 0 Å². The standard InChI is InChI=1S/C17H19F3O/c1-11-3-4-14-13(9-11)10-15(21-14)12-5-7-16(2,8-6-12)17(18,19)20/h3-4,9-10,12H,5-8H2,1-2H3. The second-order valence-corrected chi connectivity index (χ2v) is 6.52. The molecule has 0 spiro atoms. The Morgan fingerprint density at radius 1 is 1.14 bits per heavy atom. The van der Waals surface area contributed by atoms with Crippen molar-refractivity contribution >= 4 is 11.0 Å². The van der Waals surface area contributed by atoms with Gasteiger partial charge in [-0.05, 0) is 50.8 Å². The normalized spacial score (nSPS) is 27.2. The highest BCUT2D eigenvalue weighted by atomic mass is 19.4. The van der Waals surface area contributed by atoms with Gasteiger partial charge in [0.2, 0.25) is 0 Å². The first-order valence-corrected chi connectivity index (χ1v) is 7.35.